The third-order valence-electron chi connectivity index (χ3n) is 3.49. The minimum Gasteiger partial charge on any atom is -0.353 e. The molecule has 0 aliphatic rings. The summed E-state index contributed by atoms with van der Waals surface area (Å²) in [5.41, 5.74) is 11.4. The molecule has 98 valence electrons. The predicted molar refractivity (Wildman–Crippen MR) is 78.1 cm³/mol. The molecule has 0 saturated heterocycles. The van der Waals surface area contributed by atoms with Crippen molar-refractivity contribution in [3.05, 3.63) is 41.3 Å². The predicted octanol–water partition coefficient (Wildman–Crippen LogP) is 2.68. The number of benzene rings is 1. The first kappa shape index (κ1) is 12.0. The van der Waals surface area contributed by atoms with Crippen LogP contribution >= 0.6 is 0 Å². The van der Waals surface area contributed by atoms with Gasteiger partial charge in [0.25, 0.3) is 0 Å². The molecule has 1 aromatic carbocycles. The second-order valence-corrected chi connectivity index (χ2v) is 4.96. The summed E-state index contributed by atoms with van der Waals surface area (Å²) in [6, 6.07) is 6.45. The van der Waals surface area contributed by atoms with Gasteiger partial charge in [0.05, 0.1) is 17.6 Å². The van der Waals surface area contributed by atoms with E-state index in [1.807, 2.05) is 6.20 Å². The summed E-state index contributed by atoms with van der Waals surface area (Å²) < 4.78 is 0. The molecule has 3 rings (SSSR count). The number of hydrogen-bond acceptors (Lipinski definition) is 2. The fourth-order valence-electron chi connectivity index (χ4n) is 2.46. The average Bonchev–Trinajstić information content (AvgIpc) is 2.96. The van der Waals surface area contributed by atoms with Crippen molar-refractivity contribution >= 4 is 10.9 Å². The molecule has 2 aromatic heterocycles. The zero-order chi connectivity index (χ0) is 13.4. The normalized spacial score (nSPS) is 11.3. The van der Waals surface area contributed by atoms with Crippen molar-refractivity contribution in [1.82, 2.24) is 15.0 Å². The number of H-pyrrole nitrogens is 2. The van der Waals surface area contributed by atoms with Gasteiger partial charge in [-0.3, -0.25) is 0 Å². The number of fused-ring (bicyclic) bond motifs is 1. The number of nitrogens with two attached hydrogens (primary N) is 1. The number of aryl methyl sites for hydroxylation is 2. The molecule has 0 fully saturated rings. The Kier molecular flexibility index (Phi) is 2.87. The van der Waals surface area contributed by atoms with Gasteiger partial charge in [-0.2, -0.15) is 0 Å². The Morgan fingerprint density at radius 3 is 2.84 bits per heavy atom. The van der Waals surface area contributed by atoms with Crippen LogP contribution in [0, 0.1) is 13.8 Å². The molecule has 0 unspecified atom stereocenters. The zero-order valence-electron chi connectivity index (χ0n) is 11.2. The Hall–Kier alpha value is -2.07. The van der Waals surface area contributed by atoms with E-state index in [0.717, 1.165) is 29.1 Å². The Labute approximate surface area is 112 Å². The van der Waals surface area contributed by atoms with E-state index in [4.69, 9.17) is 5.73 Å². The van der Waals surface area contributed by atoms with Crippen molar-refractivity contribution in [1.29, 1.82) is 0 Å². The van der Waals surface area contributed by atoms with Gasteiger partial charge in [-0.05, 0) is 38.1 Å². The van der Waals surface area contributed by atoms with Crippen molar-refractivity contribution in [2.24, 2.45) is 5.73 Å². The van der Waals surface area contributed by atoms with Gasteiger partial charge in [-0.25, -0.2) is 4.98 Å². The summed E-state index contributed by atoms with van der Waals surface area (Å²) in [4.78, 5) is 11.1. The molecule has 0 atom stereocenters. The average molecular weight is 254 g/mol. The lowest BCUT2D eigenvalue weighted by molar-refractivity contribution is 0.895. The maximum absolute atomic E-state index is 5.55. The van der Waals surface area contributed by atoms with Gasteiger partial charge in [0.1, 0.15) is 5.82 Å². The highest BCUT2D eigenvalue weighted by molar-refractivity contribution is 5.90. The molecule has 0 bridgehead atoms. The molecule has 4 nitrogen and oxygen atoms in total. The van der Waals surface area contributed by atoms with Crippen molar-refractivity contribution in [2.75, 3.05) is 6.54 Å². The molecule has 0 aliphatic carbocycles. The highest BCUT2D eigenvalue weighted by Crippen LogP contribution is 2.29. The summed E-state index contributed by atoms with van der Waals surface area (Å²) in [5.74, 6) is 0.937. The molecule has 0 amide bonds. The maximum Gasteiger partial charge on any atom is 0.107 e. The first-order valence-corrected chi connectivity index (χ1v) is 6.52. The van der Waals surface area contributed by atoms with Crippen molar-refractivity contribution in [2.45, 2.75) is 20.3 Å². The molecule has 0 saturated carbocycles. The SMILES string of the molecule is Cc1ccc2[nH]c(-c3cnc(CCN)[nH]3)c(C)c2c1. The summed E-state index contributed by atoms with van der Waals surface area (Å²) in [5, 5.41) is 1.27. The van der Waals surface area contributed by atoms with Gasteiger partial charge >= 0.3 is 0 Å². The number of imidazole rings is 1. The molecule has 0 spiro atoms. The second-order valence-electron chi connectivity index (χ2n) is 4.96. The minimum absolute atomic E-state index is 0.609. The quantitative estimate of drug-likeness (QED) is 0.672. The highest BCUT2D eigenvalue weighted by Gasteiger charge is 2.11. The van der Waals surface area contributed by atoms with Crippen LogP contribution in [0.25, 0.3) is 22.3 Å². The molecule has 2 heterocycles. The smallest absolute Gasteiger partial charge is 0.107 e. The van der Waals surface area contributed by atoms with Crippen molar-refractivity contribution < 1.29 is 0 Å². The fraction of sp³-hybridized carbons (Fsp3) is 0.267. The van der Waals surface area contributed by atoms with Crippen LogP contribution in [-0.4, -0.2) is 21.5 Å². The van der Waals surface area contributed by atoms with Gasteiger partial charge in [0.15, 0.2) is 0 Å². The molecule has 4 heteroatoms. The molecule has 19 heavy (non-hydrogen) atoms. The first-order valence-electron chi connectivity index (χ1n) is 6.52. The molecule has 0 aliphatic heterocycles. The third kappa shape index (κ3) is 2.04. The Morgan fingerprint density at radius 1 is 1.21 bits per heavy atom. The van der Waals surface area contributed by atoms with Gasteiger partial charge in [0, 0.05) is 17.3 Å². The van der Waals surface area contributed by atoms with E-state index in [9.17, 15) is 0 Å². The summed E-state index contributed by atoms with van der Waals surface area (Å²) in [7, 11) is 0. The Balaban J connectivity index is 2.11. The number of hydrogen-bond donors (Lipinski definition) is 3. The zero-order valence-corrected chi connectivity index (χ0v) is 11.2. The minimum atomic E-state index is 0.609. The lowest BCUT2D eigenvalue weighted by Gasteiger charge is -1.96. The Bertz CT molecular complexity index is 721. The second kappa shape index (κ2) is 4.55. The topological polar surface area (TPSA) is 70.5 Å². The lowest BCUT2D eigenvalue weighted by Crippen LogP contribution is -2.03. The third-order valence-corrected chi connectivity index (χ3v) is 3.49. The van der Waals surface area contributed by atoms with E-state index >= 15 is 0 Å². The van der Waals surface area contributed by atoms with Crippen LogP contribution in [0.2, 0.25) is 0 Å². The Morgan fingerprint density at radius 2 is 2.05 bits per heavy atom. The van der Waals surface area contributed by atoms with Crippen LogP contribution in [0.15, 0.2) is 24.4 Å². The highest BCUT2D eigenvalue weighted by atomic mass is 14.9. The van der Waals surface area contributed by atoms with E-state index in [0.29, 0.717) is 6.54 Å². The van der Waals surface area contributed by atoms with E-state index in [1.54, 1.807) is 0 Å². The summed E-state index contributed by atoms with van der Waals surface area (Å²) in [6.45, 7) is 4.86. The number of rotatable bonds is 3. The van der Waals surface area contributed by atoms with Gasteiger partial charge in [-0.1, -0.05) is 11.6 Å². The van der Waals surface area contributed by atoms with Gasteiger partial charge in [-0.15, -0.1) is 0 Å². The molecule has 0 radical (unpaired) electrons. The van der Waals surface area contributed by atoms with Crippen molar-refractivity contribution in [3.63, 3.8) is 0 Å². The molecular formula is C15H18N4. The standard InChI is InChI=1S/C15H18N4/c1-9-3-4-12-11(7-9)10(2)15(19-12)13-8-17-14(18-13)5-6-16/h3-4,7-8,19H,5-6,16H2,1-2H3,(H,17,18). The number of nitrogens with one attached hydrogen (secondary N) is 2. The van der Waals surface area contributed by atoms with E-state index in [-0.39, 0.29) is 0 Å². The largest absolute Gasteiger partial charge is 0.353 e. The van der Waals surface area contributed by atoms with Crippen LogP contribution < -0.4 is 5.73 Å². The maximum atomic E-state index is 5.55. The molecule has 4 N–H and O–H groups in total. The lowest BCUT2D eigenvalue weighted by atomic mass is 10.1. The van der Waals surface area contributed by atoms with Gasteiger partial charge < -0.3 is 15.7 Å². The summed E-state index contributed by atoms with van der Waals surface area (Å²) >= 11 is 0. The number of aromatic nitrogens is 3. The van der Waals surface area contributed by atoms with Crippen LogP contribution in [0.5, 0.6) is 0 Å². The van der Waals surface area contributed by atoms with Crippen molar-refractivity contribution in [3.8, 4) is 11.4 Å². The van der Waals surface area contributed by atoms with Crippen LogP contribution in [0.1, 0.15) is 17.0 Å². The monoisotopic (exact) mass is 254 g/mol. The van der Waals surface area contributed by atoms with E-state index < -0.39 is 0 Å². The van der Waals surface area contributed by atoms with Crippen LogP contribution in [0.3, 0.4) is 0 Å². The van der Waals surface area contributed by atoms with Gasteiger partial charge in [0.2, 0.25) is 0 Å². The molecule has 3 aromatic rings. The first-order chi connectivity index (χ1) is 9.19. The fourth-order valence-corrected chi connectivity index (χ4v) is 2.46. The number of nitrogens with zero attached hydrogens (tertiary/aromatic N) is 1. The molecular weight excluding hydrogens is 236 g/mol. The van der Waals surface area contributed by atoms with E-state index in [2.05, 4.69) is 47.0 Å². The van der Waals surface area contributed by atoms with Crippen LogP contribution in [-0.2, 0) is 6.42 Å². The van der Waals surface area contributed by atoms with Crippen LogP contribution in [0.4, 0.5) is 0 Å². The number of aromatic amines is 2. The summed E-state index contributed by atoms with van der Waals surface area (Å²) in [6.07, 6.45) is 2.65. The van der Waals surface area contributed by atoms with E-state index in [1.165, 1.54) is 16.5 Å².